The highest BCUT2D eigenvalue weighted by Gasteiger charge is 2.36. The van der Waals surface area contributed by atoms with Crippen LogP contribution in [0.1, 0.15) is 24.4 Å². The maximum absolute atomic E-state index is 14.4. The van der Waals surface area contributed by atoms with Crippen LogP contribution in [0.15, 0.2) is 60.7 Å². The van der Waals surface area contributed by atoms with Crippen molar-refractivity contribution < 1.29 is 33.3 Å². The minimum Gasteiger partial charge on any atom is -0.497 e. The van der Waals surface area contributed by atoms with E-state index in [0.29, 0.717) is 58.4 Å². The molecule has 42 heavy (non-hydrogen) atoms. The summed E-state index contributed by atoms with van der Waals surface area (Å²) in [5.41, 5.74) is 2.25. The number of benzene rings is 3. The smallest absolute Gasteiger partial charge is 0.249 e. The molecule has 1 fully saturated rings. The first-order valence-electron chi connectivity index (χ1n) is 13.7. The molecule has 2 amide bonds. The van der Waals surface area contributed by atoms with E-state index in [9.17, 15) is 9.59 Å². The number of rotatable bonds is 10. The van der Waals surface area contributed by atoms with Crippen LogP contribution in [0.5, 0.6) is 23.0 Å². The van der Waals surface area contributed by atoms with Gasteiger partial charge in [0.15, 0.2) is 11.5 Å². The Hall–Kier alpha value is -4.84. The second-order valence-corrected chi connectivity index (χ2v) is 9.93. The number of fused-ring (bicyclic) bond motifs is 2. The molecule has 2 aliphatic rings. The van der Waals surface area contributed by atoms with Gasteiger partial charge in [-0.1, -0.05) is 17.3 Å². The Morgan fingerprint density at radius 1 is 1.07 bits per heavy atom. The van der Waals surface area contributed by atoms with Gasteiger partial charge < -0.3 is 29.0 Å². The largest absolute Gasteiger partial charge is 0.497 e. The number of nitrogens with zero attached hydrogens (tertiary/aromatic N) is 4. The first kappa shape index (κ1) is 27.3. The van der Waals surface area contributed by atoms with Crippen molar-refractivity contribution in [3.8, 4) is 23.0 Å². The number of methoxy groups -OCH3 is 2. The van der Waals surface area contributed by atoms with Crippen LogP contribution >= 0.6 is 0 Å². The summed E-state index contributed by atoms with van der Waals surface area (Å²) < 4.78 is 29.5. The van der Waals surface area contributed by atoms with Crippen LogP contribution < -0.4 is 29.2 Å². The van der Waals surface area contributed by atoms with Gasteiger partial charge in [-0.15, -0.1) is 5.10 Å². The number of ether oxygens (including phenoxy) is 5. The number of para-hydroxylation sites is 1. The molecule has 2 aliphatic heterocycles. The van der Waals surface area contributed by atoms with Gasteiger partial charge in [0.2, 0.25) is 18.6 Å². The van der Waals surface area contributed by atoms with Crippen molar-refractivity contribution in [2.24, 2.45) is 0 Å². The number of nitrogens with one attached hydrogen (secondary N) is 1. The van der Waals surface area contributed by atoms with Gasteiger partial charge in [0, 0.05) is 36.5 Å². The van der Waals surface area contributed by atoms with E-state index in [2.05, 4.69) is 15.6 Å². The molecule has 3 heterocycles. The number of hydrogen-bond donors (Lipinski definition) is 1. The molecule has 3 aromatic carbocycles. The molecule has 4 aromatic rings. The molecule has 1 saturated heterocycles. The highest BCUT2D eigenvalue weighted by molar-refractivity contribution is 6.02. The fraction of sp³-hybridized carbons (Fsp3) is 0.333. The number of carbonyl (C=O) groups is 2. The Labute approximate surface area is 242 Å². The summed E-state index contributed by atoms with van der Waals surface area (Å²) in [6, 6.07) is 16.5. The molecule has 0 radical (unpaired) electrons. The zero-order chi connectivity index (χ0) is 29.1. The van der Waals surface area contributed by atoms with E-state index in [1.165, 1.54) is 16.7 Å². The van der Waals surface area contributed by atoms with Crippen LogP contribution in [0.4, 0.5) is 5.69 Å². The van der Waals surface area contributed by atoms with Crippen molar-refractivity contribution in [2.75, 3.05) is 39.1 Å². The van der Waals surface area contributed by atoms with Crippen LogP contribution in [0.2, 0.25) is 0 Å². The molecule has 0 bridgehead atoms. The van der Waals surface area contributed by atoms with E-state index in [0.717, 1.165) is 12.8 Å². The summed E-state index contributed by atoms with van der Waals surface area (Å²) in [7, 11) is 3.05. The van der Waals surface area contributed by atoms with E-state index in [-0.39, 0.29) is 19.4 Å². The predicted octanol–water partition coefficient (Wildman–Crippen LogP) is 3.25. The molecule has 0 unspecified atom stereocenters. The molecule has 6 rings (SSSR count). The molecule has 12 nitrogen and oxygen atoms in total. The van der Waals surface area contributed by atoms with Crippen molar-refractivity contribution in [1.82, 2.24) is 20.3 Å². The Morgan fingerprint density at radius 3 is 2.74 bits per heavy atom. The minimum atomic E-state index is -1.13. The van der Waals surface area contributed by atoms with Crippen molar-refractivity contribution in [3.05, 3.63) is 66.2 Å². The Morgan fingerprint density at radius 2 is 1.93 bits per heavy atom. The minimum absolute atomic E-state index is 0.0648. The molecule has 1 N–H and O–H groups in total. The highest BCUT2D eigenvalue weighted by atomic mass is 16.7. The summed E-state index contributed by atoms with van der Waals surface area (Å²) in [6.45, 7) is 0.854. The predicted molar refractivity (Wildman–Crippen MR) is 152 cm³/mol. The number of aromatic nitrogens is 3. The molecule has 0 aliphatic carbocycles. The average molecular weight is 574 g/mol. The SMILES string of the molecule is COc1ccc([C@H](C(=O)NC[C@@H]2CCCO2)N(C(=O)Cn2nnc3ccccc32)c2ccc3c(c2)OCO3)c(OC)c1. The van der Waals surface area contributed by atoms with E-state index in [4.69, 9.17) is 23.7 Å². The van der Waals surface area contributed by atoms with Crippen molar-refractivity contribution >= 4 is 28.5 Å². The second-order valence-electron chi connectivity index (χ2n) is 9.93. The third-order valence-electron chi connectivity index (χ3n) is 7.38. The first-order valence-corrected chi connectivity index (χ1v) is 13.7. The van der Waals surface area contributed by atoms with Gasteiger partial charge in [-0.3, -0.25) is 14.5 Å². The van der Waals surface area contributed by atoms with Crippen molar-refractivity contribution in [3.63, 3.8) is 0 Å². The zero-order valence-electron chi connectivity index (χ0n) is 23.3. The van der Waals surface area contributed by atoms with Gasteiger partial charge in [0.1, 0.15) is 29.6 Å². The van der Waals surface area contributed by atoms with Crippen LogP contribution in [0.25, 0.3) is 11.0 Å². The van der Waals surface area contributed by atoms with Crippen LogP contribution in [0, 0.1) is 0 Å². The molecule has 0 saturated carbocycles. The second kappa shape index (κ2) is 12.0. The van der Waals surface area contributed by atoms with Crippen LogP contribution in [-0.4, -0.2) is 67.1 Å². The zero-order valence-corrected chi connectivity index (χ0v) is 23.3. The fourth-order valence-electron chi connectivity index (χ4n) is 5.27. The fourth-order valence-corrected chi connectivity index (χ4v) is 5.27. The molecular formula is C30H31N5O7. The third-order valence-corrected chi connectivity index (χ3v) is 7.38. The summed E-state index contributed by atoms with van der Waals surface area (Å²) in [6.07, 6.45) is 1.69. The lowest BCUT2D eigenvalue weighted by molar-refractivity contribution is -0.127. The van der Waals surface area contributed by atoms with Gasteiger partial charge >= 0.3 is 0 Å². The van der Waals surface area contributed by atoms with Gasteiger partial charge in [-0.05, 0) is 49.2 Å². The number of amides is 2. The summed E-state index contributed by atoms with van der Waals surface area (Å²) in [5.74, 6) is 1.15. The standard InChI is InChI=1S/C30H31N5O7/c1-38-20-10-11-22(26(15-20)39-2)29(30(37)31-16-21-6-5-13-40-21)35(19-9-12-25-27(14-19)42-18-41-25)28(36)17-34-24-8-4-3-7-23(24)32-33-34/h3-4,7-12,14-15,21,29H,5-6,13,16-18H2,1-2H3,(H,31,37)/t21-,29+/m0/s1. The molecule has 2 atom stereocenters. The van der Waals surface area contributed by atoms with E-state index in [1.54, 1.807) is 43.5 Å². The van der Waals surface area contributed by atoms with Crippen LogP contribution in [0.3, 0.4) is 0 Å². The maximum atomic E-state index is 14.4. The quantitative estimate of drug-likeness (QED) is 0.304. The first-order chi connectivity index (χ1) is 20.6. The molecule has 0 spiro atoms. The Bertz CT molecular complexity index is 1600. The van der Waals surface area contributed by atoms with Crippen molar-refractivity contribution in [2.45, 2.75) is 31.5 Å². The monoisotopic (exact) mass is 573 g/mol. The summed E-state index contributed by atoms with van der Waals surface area (Å²) >= 11 is 0. The molecule has 12 heteroatoms. The third kappa shape index (κ3) is 5.40. The lowest BCUT2D eigenvalue weighted by Crippen LogP contribution is -2.46. The summed E-state index contributed by atoms with van der Waals surface area (Å²) in [5, 5.41) is 11.4. The molecular weight excluding hydrogens is 542 g/mol. The lowest BCUT2D eigenvalue weighted by atomic mass is 10.0. The lowest BCUT2D eigenvalue weighted by Gasteiger charge is -2.32. The van der Waals surface area contributed by atoms with Gasteiger partial charge in [0.25, 0.3) is 0 Å². The maximum Gasteiger partial charge on any atom is 0.249 e. The summed E-state index contributed by atoms with van der Waals surface area (Å²) in [4.78, 5) is 29.9. The highest BCUT2D eigenvalue weighted by Crippen LogP contribution is 2.40. The van der Waals surface area contributed by atoms with E-state index < -0.39 is 17.9 Å². The number of hydrogen-bond acceptors (Lipinski definition) is 9. The Kier molecular flexibility index (Phi) is 7.78. The molecule has 218 valence electrons. The van der Waals surface area contributed by atoms with E-state index >= 15 is 0 Å². The normalized spacial score (nSPS) is 16.3. The van der Waals surface area contributed by atoms with Crippen molar-refractivity contribution in [1.29, 1.82) is 0 Å². The topological polar surface area (TPSA) is 126 Å². The van der Waals surface area contributed by atoms with Gasteiger partial charge in [-0.2, -0.15) is 0 Å². The average Bonchev–Trinajstić information content (AvgIpc) is 3.80. The Balaban J connectivity index is 1.44. The number of anilines is 1. The van der Waals surface area contributed by atoms with Gasteiger partial charge in [0.05, 0.1) is 25.8 Å². The molecule has 1 aromatic heterocycles. The van der Waals surface area contributed by atoms with Crippen LogP contribution in [-0.2, 0) is 20.9 Å². The van der Waals surface area contributed by atoms with E-state index in [1.807, 2.05) is 24.3 Å². The van der Waals surface area contributed by atoms with Gasteiger partial charge in [-0.25, -0.2) is 4.68 Å². The number of carbonyl (C=O) groups excluding carboxylic acids is 2.